The van der Waals surface area contributed by atoms with Crippen LogP contribution in [0.1, 0.15) is 28.8 Å². The Morgan fingerprint density at radius 2 is 1.82 bits per heavy atom. The first kappa shape index (κ1) is 21.2. The molecule has 2 aromatic carbocycles. The maximum atomic E-state index is 13.1. The SMILES string of the molecule is Nc1c(C(=O)NCC2CCCO2)c2nc3ccccc3nc2n1-c1ccc(C(F)(F)F)cc1. The van der Waals surface area contributed by atoms with E-state index in [1.54, 1.807) is 24.3 Å². The zero-order valence-corrected chi connectivity index (χ0v) is 17.4. The molecule has 1 atom stereocenters. The van der Waals surface area contributed by atoms with Crippen molar-refractivity contribution in [2.24, 2.45) is 0 Å². The van der Waals surface area contributed by atoms with Gasteiger partial charge in [-0.3, -0.25) is 9.36 Å². The van der Waals surface area contributed by atoms with Crippen molar-refractivity contribution in [2.45, 2.75) is 25.1 Å². The number of anilines is 1. The fourth-order valence-electron chi connectivity index (χ4n) is 4.05. The topological polar surface area (TPSA) is 95.1 Å². The molecule has 3 heterocycles. The number of ether oxygens (including phenoxy) is 1. The molecule has 33 heavy (non-hydrogen) atoms. The van der Waals surface area contributed by atoms with Gasteiger partial charge in [-0.05, 0) is 49.2 Å². The van der Waals surface area contributed by atoms with Gasteiger partial charge >= 0.3 is 6.18 Å². The number of alkyl halides is 3. The summed E-state index contributed by atoms with van der Waals surface area (Å²) in [5, 5.41) is 2.84. The average molecular weight is 455 g/mol. The Balaban J connectivity index is 1.64. The number of fused-ring (bicyclic) bond motifs is 2. The molecule has 7 nitrogen and oxygen atoms in total. The van der Waals surface area contributed by atoms with E-state index in [0.29, 0.717) is 29.9 Å². The lowest BCUT2D eigenvalue weighted by Crippen LogP contribution is -2.32. The molecule has 1 fully saturated rings. The monoisotopic (exact) mass is 455 g/mol. The molecule has 1 saturated heterocycles. The minimum Gasteiger partial charge on any atom is -0.384 e. The molecule has 0 aliphatic carbocycles. The number of hydrogen-bond acceptors (Lipinski definition) is 5. The Kier molecular flexibility index (Phi) is 5.16. The number of benzene rings is 2. The van der Waals surface area contributed by atoms with Crippen molar-refractivity contribution in [2.75, 3.05) is 18.9 Å². The maximum Gasteiger partial charge on any atom is 0.416 e. The zero-order valence-electron chi connectivity index (χ0n) is 17.4. The smallest absolute Gasteiger partial charge is 0.384 e. The summed E-state index contributed by atoms with van der Waals surface area (Å²) in [7, 11) is 0. The summed E-state index contributed by atoms with van der Waals surface area (Å²) >= 11 is 0. The second-order valence-electron chi connectivity index (χ2n) is 7.87. The number of aromatic nitrogens is 3. The predicted molar refractivity (Wildman–Crippen MR) is 117 cm³/mol. The summed E-state index contributed by atoms with van der Waals surface area (Å²) in [4.78, 5) is 22.4. The van der Waals surface area contributed by atoms with Gasteiger partial charge in [0, 0.05) is 18.8 Å². The number of carbonyl (C=O) groups is 1. The van der Waals surface area contributed by atoms with E-state index in [4.69, 9.17) is 10.5 Å². The maximum absolute atomic E-state index is 13.1. The summed E-state index contributed by atoms with van der Waals surface area (Å²) in [5.74, 6) is -0.395. The molecule has 10 heteroatoms. The number of halogens is 3. The van der Waals surface area contributed by atoms with Crippen molar-refractivity contribution in [3.05, 3.63) is 59.7 Å². The number of para-hydroxylation sites is 2. The fraction of sp³-hybridized carbons (Fsp3) is 0.261. The van der Waals surface area contributed by atoms with Crippen molar-refractivity contribution in [3.63, 3.8) is 0 Å². The van der Waals surface area contributed by atoms with Crippen LogP contribution >= 0.6 is 0 Å². The van der Waals surface area contributed by atoms with Crippen LogP contribution in [0.3, 0.4) is 0 Å². The highest BCUT2D eigenvalue weighted by molar-refractivity contribution is 6.11. The quantitative estimate of drug-likeness (QED) is 0.484. The van der Waals surface area contributed by atoms with E-state index in [1.165, 1.54) is 16.7 Å². The van der Waals surface area contributed by atoms with Crippen LogP contribution in [0, 0.1) is 0 Å². The lowest BCUT2D eigenvalue weighted by Gasteiger charge is -2.12. The predicted octanol–water partition coefficient (Wildman–Crippen LogP) is 4.08. The van der Waals surface area contributed by atoms with E-state index >= 15 is 0 Å². The van der Waals surface area contributed by atoms with Gasteiger partial charge in [-0.1, -0.05) is 12.1 Å². The summed E-state index contributed by atoms with van der Waals surface area (Å²) in [6.07, 6.45) is -2.74. The molecule has 3 N–H and O–H groups in total. The van der Waals surface area contributed by atoms with Gasteiger partial charge in [0.05, 0.1) is 22.7 Å². The van der Waals surface area contributed by atoms with Crippen molar-refractivity contribution in [3.8, 4) is 5.69 Å². The van der Waals surface area contributed by atoms with Crippen molar-refractivity contribution >= 4 is 33.9 Å². The Morgan fingerprint density at radius 1 is 1.12 bits per heavy atom. The van der Waals surface area contributed by atoms with E-state index in [-0.39, 0.29) is 28.6 Å². The molecule has 170 valence electrons. The largest absolute Gasteiger partial charge is 0.416 e. The first-order valence-electron chi connectivity index (χ1n) is 10.5. The Hall–Kier alpha value is -3.66. The summed E-state index contributed by atoms with van der Waals surface area (Å²) in [6, 6.07) is 11.6. The molecule has 0 saturated carbocycles. The number of hydrogen-bond donors (Lipinski definition) is 2. The van der Waals surface area contributed by atoms with E-state index in [2.05, 4.69) is 15.3 Å². The lowest BCUT2D eigenvalue weighted by molar-refractivity contribution is -0.137. The van der Waals surface area contributed by atoms with Gasteiger partial charge in [-0.2, -0.15) is 13.2 Å². The van der Waals surface area contributed by atoms with E-state index in [9.17, 15) is 18.0 Å². The van der Waals surface area contributed by atoms with Crippen molar-refractivity contribution < 1.29 is 22.7 Å². The molecule has 0 radical (unpaired) electrons. The van der Waals surface area contributed by atoms with Crippen LogP contribution in [0.5, 0.6) is 0 Å². The van der Waals surface area contributed by atoms with Crippen LogP contribution in [0.2, 0.25) is 0 Å². The highest BCUT2D eigenvalue weighted by Gasteiger charge is 2.31. The number of amides is 1. The second kappa shape index (κ2) is 8.04. The molecule has 1 aliphatic heterocycles. The zero-order chi connectivity index (χ0) is 23.2. The molecule has 0 bridgehead atoms. The third kappa shape index (κ3) is 3.86. The Bertz CT molecular complexity index is 1340. The number of nitrogens with zero attached hydrogens (tertiary/aromatic N) is 3. The second-order valence-corrected chi connectivity index (χ2v) is 7.87. The van der Waals surface area contributed by atoms with Gasteiger partial charge in [0.1, 0.15) is 16.9 Å². The third-order valence-electron chi connectivity index (χ3n) is 5.69. The van der Waals surface area contributed by atoms with Crippen LogP contribution in [0.25, 0.3) is 27.9 Å². The highest BCUT2D eigenvalue weighted by Crippen LogP contribution is 2.33. The molecule has 1 unspecified atom stereocenters. The number of nitrogens with one attached hydrogen (secondary N) is 1. The van der Waals surface area contributed by atoms with Crippen molar-refractivity contribution in [1.29, 1.82) is 0 Å². The molecule has 4 aromatic rings. The molecular formula is C23H20F3N5O2. The molecule has 1 amide bonds. The molecule has 2 aromatic heterocycles. The number of carbonyl (C=O) groups excluding carboxylic acids is 1. The van der Waals surface area contributed by atoms with E-state index in [0.717, 1.165) is 25.0 Å². The average Bonchev–Trinajstić information content (AvgIpc) is 3.41. The molecular weight excluding hydrogens is 435 g/mol. The molecule has 1 aliphatic rings. The summed E-state index contributed by atoms with van der Waals surface area (Å²) in [5.41, 5.74) is 7.77. The first-order valence-corrected chi connectivity index (χ1v) is 10.5. The van der Waals surface area contributed by atoms with Crippen LogP contribution in [-0.2, 0) is 10.9 Å². The van der Waals surface area contributed by atoms with Gasteiger partial charge in [0.15, 0.2) is 5.65 Å². The van der Waals surface area contributed by atoms with Crippen LogP contribution in [0.15, 0.2) is 48.5 Å². The van der Waals surface area contributed by atoms with Crippen LogP contribution in [0.4, 0.5) is 19.0 Å². The normalized spacial score (nSPS) is 16.5. The Labute approximate surface area is 186 Å². The Morgan fingerprint density at radius 3 is 2.45 bits per heavy atom. The lowest BCUT2D eigenvalue weighted by atomic mass is 10.2. The van der Waals surface area contributed by atoms with Gasteiger partial charge in [0.2, 0.25) is 0 Å². The van der Waals surface area contributed by atoms with Gasteiger partial charge in [-0.15, -0.1) is 0 Å². The number of nitrogens with two attached hydrogens (primary N) is 1. The fourth-order valence-corrected chi connectivity index (χ4v) is 4.05. The van der Waals surface area contributed by atoms with E-state index in [1.807, 2.05) is 0 Å². The number of rotatable bonds is 4. The van der Waals surface area contributed by atoms with E-state index < -0.39 is 17.6 Å². The minimum absolute atomic E-state index is 0.0462. The van der Waals surface area contributed by atoms with Gasteiger partial charge < -0.3 is 15.8 Å². The highest BCUT2D eigenvalue weighted by atomic mass is 19.4. The third-order valence-corrected chi connectivity index (χ3v) is 5.69. The molecule has 0 spiro atoms. The molecule has 5 rings (SSSR count). The summed E-state index contributed by atoms with van der Waals surface area (Å²) in [6.45, 7) is 0.986. The summed E-state index contributed by atoms with van der Waals surface area (Å²) < 4.78 is 46.1. The van der Waals surface area contributed by atoms with Gasteiger partial charge in [-0.25, -0.2) is 9.97 Å². The standard InChI is InChI=1S/C23H20F3N5O2/c24-23(25,26)13-7-9-14(10-8-13)31-20(27)18(22(32)28-12-15-4-3-11-33-15)19-21(31)30-17-6-2-1-5-16(17)29-19/h1-2,5-10,15H,3-4,11-12,27H2,(H,28,32). The first-order chi connectivity index (χ1) is 15.8. The number of nitrogen functional groups attached to an aromatic ring is 1. The van der Waals surface area contributed by atoms with Crippen molar-refractivity contribution in [1.82, 2.24) is 19.9 Å². The van der Waals surface area contributed by atoms with Gasteiger partial charge in [0.25, 0.3) is 5.91 Å². The van der Waals surface area contributed by atoms with Crippen LogP contribution in [-0.4, -0.2) is 39.7 Å². The minimum atomic E-state index is -4.47. The van der Waals surface area contributed by atoms with Crippen LogP contribution < -0.4 is 11.1 Å².